The van der Waals surface area contributed by atoms with Crippen LogP contribution < -0.4 is 0 Å². The fourth-order valence-corrected chi connectivity index (χ4v) is 2.15. The second kappa shape index (κ2) is 7.61. The van der Waals surface area contributed by atoms with Crippen molar-refractivity contribution in [2.24, 2.45) is 0 Å². The molecule has 1 amide bonds. The van der Waals surface area contributed by atoms with Gasteiger partial charge in [0, 0.05) is 12.6 Å². The van der Waals surface area contributed by atoms with Crippen molar-refractivity contribution in [3.8, 4) is 0 Å². The van der Waals surface area contributed by atoms with Gasteiger partial charge in [-0.2, -0.15) is 0 Å². The normalized spacial score (nSPS) is 11.8. The lowest BCUT2D eigenvalue weighted by Gasteiger charge is -2.24. The largest absolute Gasteiger partial charge is 0.467 e. The number of carbonyl (C=O) groups excluding carboxylic acids is 1. The minimum Gasteiger partial charge on any atom is -0.467 e. The van der Waals surface area contributed by atoms with Gasteiger partial charge in [0.1, 0.15) is 11.9 Å². The van der Waals surface area contributed by atoms with Crippen LogP contribution in [0.4, 0.5) is 0 Å². The van der Waals surface area contributed by atoms with Gasteiger partial charge in [-0.25, -0.2) is 0 Å². The molecule has 22 heavy (non-hydrogen) atoms. The number of nitrogens with zero attached hydrogens (tertiary/aromatic N) is 1. The van der Waals surface area contributed by atoms with Gasteiger partial charge >= 0.3 is 0 Å². The van der Waals surface area contributed by atoms with Crippen molar-refractivity contribution in [2.75, 3.05) is 6.54 Å². The molecule has 4 nitrogen and oxygen atoms in total. The Morgan fingerprint density at radius 2 is 1.95 bits per heavy atom. The number of amides is 1. The van der Waals surface area contributed by atoms with Gasteiger partial charge < -0.3 is 14.4 Å². The van der Waals surface area contributed by atoms with Gasteiger partial charge in [0.05, 0.1) is 12.8 Å². The zero-order valence-corrected chi connectivity index (χ0v) is 12.9. The van der Waals surface area contributed by atoms with Gasteiger partial charge in [-0.1, -0.05) is 35.9 Å². The van der Waals surface area contributed by atoms with E-state index in [-0.39, 0.29) is 12.5 Å². The molecule has 0 unspecified atom stereocenters. The fourth-order valence-electron chi connectivity index (χ4n) is 2.15. The SMILES string of the molecule is CC(C)=CC(=O)N(Cc1ccccc1)C[C@@H](O)c1ccco1. The number of allylic oxidation sites excluding steroid dienone is 1. The summed E-state index contributed by atoms with van der Waals surface area (Å²) in [7, 11) is 0. The third kappa shape index (κ3) is 4.60. The van der Waals surface area contributed by atoms with Crippen LogP contribution in [0.1, 0.15) is 31.3 Å². The molecule has 0 spiro atoms. The highest BCUT2D eigenvalue weighted by atomic mass is 16.4. The summed E-state index contributed by atoms with van der Waals surface area (Å²) < 4.78 is 5.20. The third-order valence-electron chi connectivity index (χ3n) is 3.21. The molecule has 116 valence electrons. The Kier molecular flexibility index (Phi) is 5.55. The van der Waals surface area contributed by atoms with E-state index in [1.807, 2.05) is 44.2 Å². The lowest BCUT2D eigenvalue weighted by atomic mass is 10.1. The van der Waals surface area contributed by atoms with Gasteiger partial charge in [0.2, 0.25) is 5.91 Å². The zero-order valence-electron chi connectivity index (χ0n) is 12.9. The molecule has 0 aliphatic rings. The number of furan rings is 1. The van der Waals surface area contributed by atoms with Crippen molar-refractivity contribution in [1.29, 1.82) is 0 Å². The lowest BCUT2D eigenvalue weighted by Crippen LogP contribution is -2.33. The average Bonchev–Trinajstić information content (AvgIpc) is 3.01. The van der Waals surface area contributed by atoms with Crippen molar-refractivity contribution < 1.29 is 14.3 Å². The molecule has 0 saturated heterocycles. The second-order valence-electron chi connectivity index (χ2n) is 5.46. The molecule has 0 fully saturated rings. The van der Waals surface area contributed by atoms with E-state index in [0.717, 1.165) is 11.1 Å². The number of carbonyl (C=O) groups is 1. The minimum atomic E-state index is -0.840. The molecule has 0 bridgehead atoms. The third-order valence-corrected chi connectivity index (χ3v) is 3.21. The van der Waals surface area contributed by atoms with E-state index in [1.165, 1.54) is 6.26 Å². The predicted molar refractivity (Wildman–Crippen MR) is 85.0 cm³/mol. The highest BCUT2D eigenvalue weighted by Crippen LogP contribution is 2.17. The Hall–Kier alpha value is -2.33. The van der Waals surface area contributed by atoms with Crippen LogP contribution in [0.3, 0.4) is 0 Å². The molecule has 0 aliphatic heterocycles. The van der Waals surface area contributed by atoms with E-state index >= 15 is 0 Å². The van der Waals surface area contributed by atoms with Gasteiger partial charge in [-0.15, -0.1) is 0 Å². The number of benzene rings is 1. The number of hydrogen-bond donors (Lipinski definition) is 1. The summed E-state index contributed by atoms with van der Waals surface area (Å²) >= 11 is 0. The van der Waals surface area contributed by atoms with Gasteiger partial charge in [-0.3, -0.25) is 4.79 Å². The van der Waals surface area contributed by atoms with Crippen LogP contribution in [0.15, 0.2) is 64.8 Å². The van der Waals surface area contributed by atoms with E-state index < -0.39 is 6.10 Å². The highest BCUT2D eigenvalue weighted by molar-refractivity contribution is 5.88. The molecule has 4 heteroatoms. The molecule has 1 aromatic carbocycles. The van der Waals surface area contributed by atoms with E-state index in [2.05, 4.69) is 0 Å². The summed E-state index contributed by atoms with van der Waals surface area (Å²) in [5, 5.41) is 10.2. The van der Waals surface area contributed by atoms with Gasteiger partial charge in [0.15, 0.2) is 0 Å². The van der Waals surface area contributed by atoms with E-state index in [0.29, 0.717) is 12.3 Å². The van der Waals surface area contributed by atoms with Crippen molar-refractivity contribution in [1.82, 2.24) is 4.90 Å². The first-order valence-electron chi connectivity index (χ1n) is 7.25. The Balaban J connectivity index is 2.14. The van der Waals surface area contributed by atoms with Crippen LogP contribution >= 0.6 is 0 Å². The Labute approximate surface area is 130 Å². The maximum absolute atomic E-state index is 12.4. The summed E-state index contributed by atoms with van der Waals surface area (Å²) in [5.41, 5.74) is 1.94. The first-order valence-corrected chi connectivity index (χ1v) is 7.25. The number of rotatable bonds is 6. The Morgan fingerprint density at radius 1 is 1.23 bits per heavy atom. The van der Waals surface area contributed by atoms with Crippen LogP contribution in [-0.2, 0) is 11.3 Å². The predicted octanol–water partition coefficient (Wildman–Crippen LogP) is 3.31. The number of hydrogen-bond acceptors (Lipinski definition) is 3. The lowest BCUT2D eigenvalue weighted by molar-refractivity contribution is -0.128. The number of aliphatic hydroxyl groups is 1. The van der Waals surface area contributed by atoms with Crippen LogP contribution in [0.2, 0.25) is 0 Å². The highest BCUT2D eigenvalue weighted by Gasteiger charge is 2.19. The maximum atomic E-state index is 12.4. The van der Waals surface area contributed by atoms with Crippen LogP contribution in [0.25, 0.3) is 0 Å². The fraction of sp³-hybridized carbons (Fsp3) is 0.278. The van der Waals surface area contributed by atoms with Gasteiger partial charge in [0.25, 0.3) is 0 Å². The Bertz CT molecular complexity index is 613. The van der Waals surface area contributed by atoms with Crippen molar-refractivity contribution in [3.05, 3.63) is 71.7 Å². The van der Waals surface area contributed by atoms with E-state index in [1.54, 1.807) is 23.1 Å². The molecule has 2 rings (SSSR count). The van der Waals surface area contributed by atoms with Crippen LogP contribution in [-0.4, -0.2) is 22.5 Å². The number of aliphatic hydroxyl groups excluding tert-OH is 1. The maximum Gasteiger partial charge on any atom is 0.246 e. The smallest absolute Gasteiger partial charge is 0.246 e. The quantitative estimate of drug-likeness (QED) is 0.833. The summed E-state index contributed by atoms with van der Waals surface area (Å²) in [4.78, 5) is 14.0. The Morgan fingerprint density at radius 3 is 2.55 bits per heavy atom. The molecule has 2 aromatic rings. The van der Waals surface area contributed by atoms with E-state index in [4.69, 9.17) is 4.42 Å². The standard InChI is InChI=1S/C18H21NO3/c1-14(2)11-18(21)19(12-15-7-4-3-5-8-15)13-16(20)17-9-6-10-22-17/h3-11,16,20H,12-13H2,1-2H3/t16-/m1/s1. The molecule has 1 N–H and O–H groups in total. The van der Waals surface area contributed by atoms with Crippen LogP contribution in [0, 0.1) is 0 Å². The average molecular weight is 299 g/mol. The summed E-state index contributed by atoms with van der Waals surface area (Å²) in [6, 6.07) is 13.1. The second-order valence-corrected chi connectivity index (χ2v) is 5.46. The molecule has 1 atom stereocenters. The van der Waals surface area contributed by atoms with Crippen LogP contribution in [0.5, 0.6) is 0 Å². The molecule has 0 aliphatic carbocycles. The summed E-state index contributed by atoms with van der Waals surface area (Å²) in [6.07, 6.45) is 2.25. The minimum absolute atomic E-state index is 0.116. The summed E-state index contributed by atoms with van der Waals surface area (Å²) in [6.45, 7) is 4.38. The zero-order chi connectivity index (χ0) is 15.9. The van der Waals surface area contributed by atoms with Crippen molar-refractivity contribution in [2.45, 2.75) is 26.5 Å². The topological polar surface area (TPSA) is 53.7 Å². The molecule has 1 heterocycles. The summed E-state index contributed by atoms with van der Waals surface area (Å²) in [5.74, 6) is 0.345. The monoisotopic (exact) mass is 299 g/mol. The molecule has 1 aromatic heterocycles. The van der Waals surface area contributed by atoms with E-state index in [9.17, 15) is 9.90 Å². The first kappa shape index (κ1) is 16.0. The molecule has 0 radical (unpaired) electrons. The van der Waals surface area contributed by atoms with Crippen molar-refractivity contribution >= 4 is 5.91 Å². The molecular formula is C18H21NO3. The molecular weight excluding hydrogens is 278 g/mol. The first-order chi connectivity index (χ1) is 10.6. The molecule has 0 saturated carbocycles. The van der Waals surface area contributed by atoms with Gasteiger partial charge in [-0.05, 0) is 31.5 Å². The van der Waals surface area contributed by atoms with Crippen molar-refractivity contribution in [3.63, 3.8) is 0 Å².